The van der Waals surface area contributed by atoms with Gasteiger partial charge in [0.15, 0.2) is 11.6 Å². The summed E-state index contributed by atoms with van der Waals surface area (Å²) < 4.78 is 0. The first-order valence-corrected chi connectivity index (χ1v) is 6.65. The van der Waals surface area contributed by atoms with E-state index in [1.165, 1.54) is 0 Å². The van der Waals surface area contributed by atoms with E-state index in [1.807, 2.05) is 11.8 Å². The molecule has 2 rings (SSSR count). The van der Waals surface area contributed by atoms with Gasteiger partial charge in [-0.1, -0.05) is 0 Å². The van der Waals surface area contributed by atoms with Crippen LogP contribution < -0.4 is 0 Å². The molecule has 4 heteroatoms. The molecule has 0 aliphatic carbocycles. The predicted octanol–water partition coefficient (Wildman–Crippen LogP) is 1.90. The molecule has 0 saturated carbocycles. The van der Waals surface area contributed by atoms with Gasteiger partial charge in [0.05, 0.1) is 4.91 Å². The van der Waals surface area contributed by atoms with Gasteiger partial charge < -0.3 is 0 Å². The normalized spacial score (nSPS) is 30.7. The van der Waals surface area contributed by atoms with Gasteiger partial charge in [-0.25, -0.2) is 0 Å². The molecule has 1 fully saturated rings. The van der Waals surface area contributed by atoms with Crippen molar-refractivity contribution in [2.24, 2.45) is 5.92 Å². The van der Waals surface area contributed by atoms with E-state index in [-0.39, 0.29) is 11.6 Å². The van der Waals surface area contributed by atoms with Crippen LogP contribution in [0, 0.1) is 5.92 Å². The largest absolute Gasteiger partial charge is 0.295 e. The Bertz CT molecular complexity index is 333. The lowest BCUT2D eigenvalue weighted by atomic mass is 9.94. The van der Waals surface area contributed by atoms with Gasteiger partial charge in [-0.15, -0.1) is 11.8 Å². The van der Waals surface area contributed by atoms with Crippen LogP contribution in [0.15, 0.2) is 10.5 Å². The third-order valence-corrected chi connectivity index (χ3v) is 5.55. The van der Waals surface area contributed by atoms with E-state index in [0.717, 1.165) is 22.0 Å². The third kappa shape index (κ3) is 1.54. The summed E-state index contributed by atoms with van der Waals surface area (Å²) in [6.07, 6.45) is 0. The Morgan fingerprint density at radius 1 is 1.21 bits per heavy atom. The van der Waals surface area contributed by atoms with Crippen molar-refractivity contribution in [1.29, 1.82) is 0 Å². The van der Waals surface area contributed by atoms with Crippen molar-refractivity contribution in [2.75, 3.05) is 11.5 Å². The fraction of sp³-hybridized carbons (Fsp3) is 0.600. The molecule has 0 bridgehead atoms. The topological polar surface area (TPSA) is 34.1 Å². The van der Waals surface area contributed by atoms with E-state index in [0.29, 0.717) is 11.2 Å². The van der Waals surface area contributed by atoms with E-state index in [1.54, 1.807) is 25.6 Å². The van der Waals surface area contributed by atoms with Gasteiger partial charge in [0.1, 0.15) is 0 Å². The molecule has 0 aromatic heterocycles. The number of thioether (sulfide) groups is 2. The highest BCUT2D eigenvalue weighted by Gasteiger charge is 2.42. The molecule has 2 aliphatic heterocycles. The average molecular weight is 228 g/mol. The Hall–Kier alpha value is -0.220. The van der Waals surface area contributed by atoms with Crippen molar-refractivity contribution >= 4 is 35.1 Å². The van der Waals surface area contributed by atoms with Crippen LogP contribution in [0.1, 0.15) is 13.8 Å². The van der Waals surface area contributed by atoms with Gasteiger partial charge in [-0.2, -0.15) is 11.8 Å². The maximum Gasteiger partial charge on any atom is 0.166 e. The zero-order valence-corrected chi connectivity index (χ0v) is 9.83. The molecule has 2 heterocycles. The summed E-state index contributed by atoms with van der Waals surface area (Å²) in [6.45, 7) is 3.13. The molecule has 0 amide bonds. The van der Waals surface area contributed by atoms with Gasteiger partial charge in [-0.05, 0) is 13.8 Å². The van der Waals surface area contributed by atoms with Crippen molar-refractivity contribution in [2.45, 2.75) is 19.1 Å². The quantitative estimate of drug-likeness (QED) is 0.723. The molecule has 2 atom stereocenters. The standard InChI is InChI=1S/C10H12O2S2/c1-5(11)9-7-3-13-4-8(7)14-10(9)6(2)12/h7-8H,3-4H2,1-2H3. The number of ketones is 2. The van der Waals surface area contributed by atoms with E-state index >= 15 is 0 Å². The number of allylic oxidation sites excluding steroid dienone is 2. The lowest BCUT2D eigenvalue weighted by Gasteiger charge is -2.08. The molecule has 76 valence electrons. The van der Waals surface area contributed by atoms with Crippen molar-refractivity contribution in [3.63, 3.8) is 0 Å². The summed E-state index contributed by atoms with van der Waals surface area (Å²) in [5.41, 5.74) is 0.803. The number of fused-ring (bicyclic) bond motifs is 1. The van der Waals surface area contributed by atoms with Crippen molar-refractivity contribution < 1.29 is 9.59 Å². The Morgan fingerprint density at radius 2 is 1.93 bits per heavy atom. The van der Waals surface area contributed by atoms with Gasteiger partial charge in [-0.3, -0.25) is 9.59 Å². The van der Waals surface area contributed by atoms with Crippen LogP contribution in [-0.2, 0) is 9.59 Å². The van der Waals surface area contributed by atoms with Crippen LogP contribution in [0.5, 0.6) is 0 Å². The first-order chi connectivity index (χ1) is 6.61. The zero-order chi connectivity index (χ0) is 10.3. The highest BCUT2D eigenvalue weighted by molar-refractivity contribution is 8.07. The van der Waals surface area contributed by atoms with Crippen LogP contribution in [0.3, 0.4) is 0 Å². The second-order valence-electron chi connectivity index (χ2n) is 3.66. The smallest absolute Gasteiger partial charge is 0.166 e. The summed E-state index contributed by atoms with van der Waals surface area (Å²) in [4.78, 5) is 23.6. The minimum atomic E-state index is 0.0552. The SMILES string of the molecule is CC(=O)C1=C(C(C)=O)C2CSCC2S1. The molecule has 0 aromatic carbocycles. The molecule has 2 aliphatic rings. The highest BCUT2D eigenvalue weighted by atomic mass is 32.2. The first kappa shape index (κ1) is 10.3. The van der Waals surface area contributed by atoms with Crippen LogP contribution >= 0.6 is 23.5 Å². The molecule has 14 heavy (non-hydrogen) atoms. The van der Waals surface area contributed by atoms with E-state index in [4.69, 9.17) is 0 Å². The highest BCUT2D eigenvalue weighted by Crippen LogP contribution is 2.49. The second kappa shape index (κ2) is 3.74. The van der Waals surface area contributed by atoms with Gasteiger partial charge in [0.25, 0.3) is 0 Å². The van der Waals surface area contributed by atoms with Crippen molar-refractivity contribution in [3.05, 3.63) is 10.5 Å². The van der Waals surface area contributed by atoms with Gasteiger partial charge >= 0.3 is 0 Å². The number of hydrogen-bond donors (Lipinski definition) is 0. The Morgan fingerprint density at radius 3 is 2.50 bits per heavy atom. The Balaban J connectivity index is 2.38. The zero-order valence-electron chi connectivity index (χ0n) is 8.20. The monoisotopic (exact) mass is 228 g/mol. The third-order valence-electron chi connectivity index (χ3n) is 2.61. The molecule has 0 N–H and O–H groups in total. The summed E-state index contributed by atoms with van der Waals surface area (Å²) >= 11 is 3.50. The Kier molecular flexibility index (Phi) is 2.75. The second-order valence-corrected chi connectivity index (χ2v) is 5.98. The minimum Gasteiger partial charge on any atom is -0.295 e. The molecule has 0 radical (unpaired) electrons. The number of Topliss-reactive ketones (excluding diaryl/α,β-unsaturated/α-hetero) is 2. The lowest BCUT2D eigenvalue weighted by molar-refractivity contribution is -0.116. The first-order valence-electron chi connectivity index (χ1n) is 4.61. The number of hydrogen-bond acceptors (Lipinski definition) is 4. The van der Waals surface area contributed by atoms with E-state index in [2.05, 4.69) is 0 Å². The van der Waals surface area contributed by atoms with Crippen molar-refractivity contribution in [3.8, 4) is 0 Å². The molecule has 0 aromatic rings. The van der Waals surface area contributed by atoms with E-state index in [9.17, 15) is 9.59 Å². The number of carbonyl (C=O) groups is 2. The van der Waals surface area contributed by atoms with Gasteiger partial charge in [0, 0.05) is 28.2 Å². The summed E-state index contributed by atoms with van der Waals surface area (Å²) in [5.74, 6) is 2.55. The average Bonchev–Trinajstić information content (AvgIpc) is 2.58. The molecule has 2 nitrogen and oxygen atoms in total. The molecular formula is C10H12O2S2. The number of carbonyl (C=O) groups excluding carboxylic acids is 2. The van der Waals surface area contributed by atoms with Crippen molar-refractivity contribution in [1.82, 2.24) is 0 Å². The Labute approximate surface area is 91.9 Å². The van der Waals surface area contributed by atoms with E-state index < -0.39 is 0 Å². The van der Waals surface area contributed by atoms with Crippen LogP contribution in [-0.4, -0.2) is 28.3 Å². The summed E-state index contributed by atoms with van der Waals surface area (Å²) in [7, 11) is 0. The fourth-order valence-electron chi connectivity index (χ4n) is 2.00. The lowest BCUT2D eigenvalue weighted by Crippen LogP contribution is -2.15. The molecule has 0 spiro atoms. The maximum absolute atomic E-state index is 11.5. The fourth-order valence-corrected chi connectivity index (χ4v) is 5.22. The minimum absolute atomic E-state index is 0.0552. The van der Waals surface area contributed by atoms with Gasteiger partial charge in [0.2, 0.25) is 0 Å². The number of rotatable bonds is 2. The molecule has 1 saturated heterocycles. The summed E-state index contributed by atoms with van der Waals surface area (Å²) in [5, 5.41) is 0.470. The van der Waals surface area contributed by atoms with Crippen LogP contribution in [0.2, 0.25) is 0 Å². The van der Waals surface area contributed by atoms with Crippen LogP contribution in [0.4, 0.5) is 0 Å². The predicted molar refractivity (Wildman–Crippen MR) is 60.6 cm³/mol. The van der Waals surface area contributed by atoms with Crippen LogP contribution in [0.25, 0.3) is 0 Å². The maximum atomic E-state index is 11.5. The summed E-state index contributed by atoms with van der Waals surface area (Å²) in [6, 6.07) is 0. The molecule has 2 unspecified atom stereocenters. The molecular weight excluding hydrogens is 216 g/mol.